The molecule has 7 heteroatoms. The number of hydrogen-bond acceptors (Lipinski definition) is 5. The van der Waals surface area contributed by atoms with E-state index in [-0.39, 0.29) is 5.92 Å². The molecule has 0 spiro atoms. The van der Waals surface area contributed by atoms with E-state index in [1.807, 2.05) is 44.2 Å². The molecule has 0 saturated carbocycles. The van der Waals surface area contributed by atoms with Gasteiger partial charge in [0.15, 0.2) is 0 Å². The minimum atomic E-state index is -3.69. The number of rotatable bonds is 8. The van der Waals surface area contributed by atoms with Crippen LogP contribution in [-0.4, -0.2) is 38.5 Å². The third-order valence-electron chi connectivity index (χ3n) is 3.45. The van der Waals surface area contributed by atoms with Gasteiger partial charge in [0.1, 0.15) is 11.7 Å². The van der Waals surface area contributed by atoms with Crippen molar-refractivity contribution in [2.45, 2.75) is 65.2 Å². The van der Waals surface area contributed by atoms with E-state index < -0.39 is 34.0 Å². The lowest BCUT2D eigenvalue weighted by molar-refractivity contribution is 0.0433. The summed E-state index contributed by atoms with van der Waals surface area (Å²) < 4.78 is 34.2. The van der Waals surface area contributed by atoms with Crippen molar-refractivity contribution in [2.24, 2.45) is 5.92 Å². The third-order valence-corrected chi connectivity index (χ3v) is 4.05. The molecule has 0 unspecified atom stereocenters. The molecule has 1 amide bonds. The Balaban J connectivity index is 3.04. The van der Waals surface area contributed by atoms with Crippen LogP contribution in [0.4, 0.5) is 4.79 Å². The van der Waals surface area contributed by atoms with E-state index in [4.69, 9.17) is 8.92 Å². The van der Waals surface area contributed by atoms with E-state index in [2.05, 4.69) is 5.32 Å². The molecule has 0 fully saturated rings. The Bertz CT molecular complexity index is 665. The highest BCUT2D eigenvalue weighted by Crippen LogP contribution is 2.18. The molecule has 6 nitrogen and oxygen atoms in total. The third kappa shape index (κ3) is 9.77. The number of ether oxygens (including phenoxy) is 1. The Hall–Kier alpha value is -1.60. The molecule has 2 atom stereocenters. The highest BCUT2D eigenvalue weighted by Gasteiger charge is 2.30. The molecule has 0 aromatic heterocycles. The first-order valence-electron chi connectivity index (χ1n) is 8.77. The summed E-state index contributed by atoms with van der Waals surface area (Å²) in [6.45, 7) is 9.34. The van der Waals surface area contributed by atoms with Gasteiger partial charge in [-0.15, -0.1) is 0 Å². The van der Waals surface area contributed by atoms with Gasteiger partial charge in [0.05, 0.1) is 12.3 Å². The van der Waals surface area contributed by atoms with E-state index in [0.717, 1.165) is 11.8 Å². The first kappa shape index (κ1) is 22.4. The van der Waals surface area contributed by atoms with Crippen LogP contribution in [0, 0.1) is 5.92 Å². The van der Waals surface area contributed by atoms with E-state index >= 15 is 0 Å². The van der Waals surface area contributed by atoms with Crippen molar-refractivity contribution in [2.75, 3.05) is 6.26 Å². The molecule has 1 rings (SSSR count). The summed E-state index contributed by atoms with van der Waals surface area (Å²) >= 11 is 0. The fraction of sp³-hybridized carbons (Fsp3) is 0.632. The maximum Gasteiger partial charge on any atom is 0.407 e. The van der Waals surface area contributed by atoms with Gasteiger partial charge in [-0.3, -0.25) is 4.18 Å². The summed E-state index contributed by atoms with van der Waals surface area (Å²) in [6.07, 6.45) is 0.638. The van der Waals surface area contributed by atoms with E-state index in [9.17, 15) is 13.2 Å². The van der Waals surface area contributed by atoms with Gasteiger partial charge in [-0.05, 0) is 38.7 Å². The number of amides is 1. The predicted molar refractivity (Wildman–Crippen MR) is 102 cm³/mol. The highest BCUT2D eigenvalue weighted by atomic mass is 32.2. The molecule has 0 aliphatic carbocycles. The summed E-state index contributed by atoms with van der Waals surface area (Å²) in [5.74, 6) is 0.233. The van der Waals surface area contributed by atoms with Gasteiger partial charge >= 0.3 is 6.09 Å². The molecule has 0 aliphatic rings. The molecular formula is C19H31NO5S. The summed E-state index contributed by atoms with van der Waals surface area (Å²) in [7, 11) is -3.69. The van der Waals surface area contributed by atoms with Crippen molar-refractivity contribution in [3.63, 3.8) is 0 Å². The van der Waals surface area contributed by atoms with E-state index in [1.54, 1.807) is 20.8 Å². The lowest BCUT2D eigenvalue weighted by atomic mass is 9.95. The number of carbonyl (C=O) groups excluding carboxylic acids is 1. The Kier molecular flexibility index (Phi) is 8.09. The summed E-state index contributed by atoms with van der Waals surface area (Å²) in [4.78, 5) is 12.2. The fourth-order valence-corrected chi connectivity index (χ4v) is 3.24. The minimum Gasteiger partial charge on any atom is -0.444 e. The van der Waals surface area contributed by atoms with Crippen molar-refractivity contribution in [3.8, 4) is 0 Å². The topological polar surface area (TPSA) is 81.7 Å². The van der Waals surface area contributed by atoms with Crippen LogP contribution in [0.25, 0.3) is 0 Å². The zero-order valence-electron chi connectivity index (χ0n) is 16.5. The molecule has 0 aliphatic heterocycles. The molecule has 1 N–H and O–H groups in total. The van der Waals surface area contributed by atoms with Crippen molar-refractivity contribution < 1.29 is 22.1 Å². The molecule has 26 heavy (non-hydrogen) atoms. The Morgan fingerprint density at radius 2 is 1.73 bits per heavy atom. The highest BCUT2D eigenvalue weighted by molar-refractivity contribution is 7.86. The second kappa shape index (κ2) is 9.37. The summed E-state index contributed by atoms with van der Waals surface area (Å²) in [5, 5.41) is 2.80. The van der Waals surface area contributed by atoms with Gasteiger partial charge in [0.25, 0.3) is 10.1 Å². The molecular weight excluding hydrogens is 354 g/mol. The van der Waals surface area contributed by atoms with Crippen LogP contribution in [0.1, 0.15) is 46.6 Å². The lowest BCUT2D eigenvalue weighted by Crippen LogP contribution is -2.48. The monoisotopic (exact) mass is 385 g/mol. The molecule has 0 saturated heterocycles. The van der Waals surface area contributed by atoms with Gasteiger partial charge in [-0.1, -0.05) is 44.2 Å². The maximum atomic E-state index is 12.2. The number of nitrogens with one attached hydrogen (secondary N) is 1. The van der Waals surface area contributed by atoms with Crippen molar-refractivity contribution in [1.29, 1.82) is 0 Å². The van der Waals surface area contributed by atoms with Gasteiger partial charge in [0, 0.05) is 6.42 Å². The van der Waals surface area contributed by atoms with Crippen LogP contribution in [0.15, 0.2) is 30.3 Å². The first-order valence-corrected chi connectivity index (χ1v) is 10.6. The molecule has 1 aromatic carbocycles. The first-order chi connectivity index (χ1) is 11.9. The number of alkyl carbamates (subject to hydrolysis) is 1. The van der Waals surface area contributed by atoms with Gasteiger partial charge < -0.3 is 10.1 Å². The van der Waals surface area contributed by atoms with Crippen LogP contribution in [0.5, 0.6) is 0 Å². The smallest absolute Gasteiger partial charge is 0.407 e. The average molecular weight is 386 g/mol. The fourth-order valence-electron chi connectivity index (χ4n) is 2.58. The van der Waals surface area contributed by atoms with E-state index in [0.29, 0.717) is 12.8 Å². The Labute approximate surface area is 157 Å². The zero-order chi connectivity index (χ0) is 20.0. The van der Waals surface area contributed by atoms with Gasteiger partial charge in [-0.2, -0.15) is 8.42 Å². The normalized spacial score (nSPS) is 14.7. The van der Waals surface area contributed by atoms with Crippen molar-refractivity contribution in [3.05, 3.63) is 35.9 Å². The van der Waals surface area contributed by atoms with E-state index in [1.165, 1.54) is 0 Å². The summed E-state index contributed by atoms with van der Waals surface area (Å²) in [6, 6.07) is 8.95. The van der Waals surface area contributed by atoms with Crippen LogP contribution in [0.2, 0.25) is 0 Å². The number of hydrogen-bond donors (Lipinski definition) is 1. The predicted octanol–water partition coefficient (Wildman–Crippen LogP) is 3.51. The molecule has 148 valence electrons. The minimum absolute atomic E-state index is 0.233. The maximum absolute atomic E-state index is 12.2. The largest absolute Gasteiger partial charge is 0.444 e. The van der Waals surface area contributed by atoms with Crippen LogP contribution in [-0.2, 0) is 25.5 Å². The van der Waals surface area contributed by atoms with Crippen molar-refractivity contribution in [1.82, 2.24) is 5.32 Å². The van der Waals surface area contributed by atoms with Crippen molar-refractivity contribution >= 4 is 16.2 Å². The van der Waals surface area contributed by atoms with Crippen LogP contribution in [0.3, 0.4) is 0 Å². The quantitative estimate of drug-likeness (QED) is 0.693. The molecule has 0 heterocycles. The molecule has 0 bridgehead atoms. The second-order valence-corrected chi connectivity index (χ2v) is 9.51. The zero-order valence-corrected chi connectivity index (χ0v) is 17.3. The average Bonchev–Trinajstić information content (AvgIpc) is 2.43. The standard InChI is InChI=1S/C19H31NO5S/c1-14(2)12-16(20-18(21)24-19(3,4)5)17(25-26(6,22)23)13-15-10-8-7-9-11-15/h7-11,14,16-17H,12-13H2,1-6H3,(H,20,21)/t16-,17+/m0/s1. The Morgan fingerprint density at radius 1 is 1.15 bits per heavy atom. The number of carbonyl (C=O) groups is 1. The Morgan fingerprint density at radius 3 is 2.19 bits per heavy atom. The van der Waals surface area contributed by atoms with Gasteiger partial charge in [-0.25, -0.2) is 4.79 Å². The SMILES string of the molecule is CC(C)C[C@H](NC(=O)OC(C)(C)C)[C@@H](Cc1ccccc1)OS(C)(=O)=O. The number of benzene rings is 1. The van der Waals surface area contributed by atoms with Gasteiger partial charge in [0.2, 0.25) is 0 Å². The molecule has 1 aromatic rings. The van der Waals surface area contributed by atoms with Crippen LogP contribution < -0.4 is 5.32 Å². The van der Waals surface area contributed by atoms with Crippen LogP contribution >= 0.6 is 0 Å². The summed E-state index contributed by atoms with van der Waals surface area (Å²) in [5.41, 5.74) is 0.292. The lowest BCUT2D eigenvalue weighted by Gasteiger charge is -2.30. The molecule has 0 radical (unpaired) electrons. The second-order valence-electron chi connectivity index (χ2n) is 7.91.